The van der Waals surface area contributed by atoms with Gasteiger partial charge in [0.2, 0.25) is 5.91 Å². The number of rotatable bonds is 10. The molecule has 10 nitrogen and oxygen atoms in total. The highest BCUT2D eigenvalue weighted by molar-refractivity contribution is 6.27. The maximum absolute atomic E-state index is 13.4. The molecule has 3 aromatic rings. The molecule has 1 atom stereocenters. The van der Waals surface area contributed by atoms with Crippen molar-refractivity contribution in [3.05, 3.63) is 74.4 Å². The number of urea groups is 1. The van der Waals surface area contributed by atoms with Crippen LogP contribution in [0.1, 0.15) is 67.9 Å². The van der Waals surface area contributed by atoms with Crippen molar-refractivity contribution in [1.29, 1.82) is 0 Å². The molecule has 0 bridgehead atoms. The van der Waals surface area contributed by atoms with Gasteiger partial charge in [-0.2, -0.15) is 0 Å². The lowest BCUT2D eigenvalue weighted by molar-refractivity contribution is -0.118. The first-order valence-corrected chi connectivity index (χ1v) is 15.5. The van der Waals surface area contributed by atoms with Crippen LogP contribution in [0.25, 0.3) is 10.9 Å². The summed E-state index contributed by atoms with van der Waals surface area (Å²) in [5, 5.41) is 6.03. The molecule has 3 amide bonds. The van der Waals surface area contributed by atoms with E-state index in [4.69, 9.17) is 11.6 Å². The van der Waals surface area contributed by atoms with E-state index in [0.717, 1.165) is 31.2 Å². The summed E-state index contributed by atoms with van der Waals surface area (Å²) in [5.74, 6) is 0.0501. The van der Waals surface area contributed by atoms with Crippen LogP contribution in [-0.4, -0.2) is 50.7 Å². The molecular weight excluding hydrogens is 570 g/mol. The van der Waals surface area contributed by atoms with Gasteiger partial charge in [0.05, 0.1) is 10.9 Å². The number of fused-ring (bicyclic) bond motifs is 1. The van der Waals surface area contributed by atoms with E-state index in [1.165, 1.54) is 4.57 Å². The average molecular weight is 608 g/mol. The minimum Gasteiger partial charge on any atom is -0.351 e. The van der Waals surface area contributed by atoms with Crippen LogP contribution >= 0.6 is 11.6 Å². The number of hydrogen-bond donors (Lipinski definition) is 2. The molecule has 1 saturated heterocycles. The molecule has 0 radical (unpaired) electrons. The number of alkyl halides is 1. The number of anilines is 1. The highest BCUT2D eigenvalue weighted by Gasteiger charge is 2.27. The third kappa shape index (κ3) is 7.18. The Morgan fingerprint density at radius 1 is 1.00 bits per heavy atom. The maximum atomic E-state index is 13.4. The Hall–Kier alpha value is -3.92. The zero-order valence-electron chi connectivity index (χ0n) is 24.6. The van der Waals surface area contributed by atoms with E-state index in [1.807, 2.05) is 26.0 Å². The topological polar surface area (TPSA) is 123 Å². The van der Waals surface area contributed by atoms with Gasteiger partial charge in [-0.25, -0.2) is 9.59 Å². The molecule has 1 aliphatic heterocycles. The molecule has 2 aromatic carbocycles. The molecule has 2 fully saturated rings. The van der Waals surface area contributed by atoms with E-state index < -0.39 is 0 Å². The number of benzene rings is 2. The van der Waals surface area contributed by atoms with E-state index in [9.17, 15) is 24.0 Å². The molecule has 1 unspecified atom stereocenters. The van der Waals surface area contributed by atoms with Crippen LogP contribution in [0, 0.1) is 11.8 Å². The molecule has 1 saturated carbocycles. The van der Waals surface area contributed by atoms with Gasteiger partial charge in [-0.3, -0.25) is 23.5 Å². The van der Waals surface area contributed by atoms with Gasteiger partial charge in [0.1, 0.15) is 5.88 Å². The summed E-state index contributed by atoms with van der Waals surface area (Å²) >= 11 is 5.51. The molecule has 0 spiro atoms. The SMILES string of the molecule is CC(C)n1c(=O)n(CC2CC2)c(=O)c2cc(NC(=O)N3CCCC(CC(=O)c4ccc(CNC(=O)CCl)cc4)C3)ccc21. The number of amides is 3. The van der Waals surface area contributed by atoms with E-state index in [2.05, 4.69) is 10.6 Å². The standard InChI is InChI=1S/C32H38ClN5O5/c1-20(2)38-27-12-11-25(15-26(27)30(41)37(32(38)43)19-22-5-6-22)35-31(42)36-13-3-4-23(18-36)14-28(39)24-9-7-21(8-10-24)17-34-29(40)16-33/h7-12,15,20,22-23H,3-6,13-14,16-19H2,1-2H3,(H,34,40)(H,35,42). The van der Waals surface area contributed by atoms with E-state index in [0.29, 0.717) is 60.7 Å². The number of nitrogens with one attached hydrogen (secondary N) is 2. The second-order valence-electron chi connectivity index (χ2n) is 12.0. The van der Waals surface area contributed by atoms with E-state index in [-0.39, 0.29) is 46.8 Å². The smallest absolute Gasteiger partial charge is 0.331 e. The molecule has 228 valence electrons. The Kier molecular flexibility index (Phi) is 9.34. The zero-order valence-corrected chi connectivity index (χ0v) is 25.4. The summed E-state index contributed by atoms with van der Waals surface area (Å²) in [4.78, 5) is 65.8. The first-order valence-electron chi connectivity index (χ1n) is 14.9. The molecule has 2 heterocycles. The fraction of sp³-hybridized carbons (Fsp3) is 0.469. The van der Waals surface area contributed by atoms with Crippen molar-refractivity contribution in [2.24, 2.45) is 11.8 Å². The summed E-state index contributed by atoms with van der Waals surface area (Å²) in [6.45, 7) is 5.63. The molecule has 43 heavy (non-hydrogen) atoms. The monoisotopic (exact) mass is 607 g/mol. The van der Waals surface area contributed by atoms with Gasteiger partial charge in [0, 0.05) is 49.9 Å². The Morgan fingerprint density at radius 3 is 2.42 bits per heavy atom. The number of carbonyl (C=O) groups is 3. The number of hydrogen-bond acceptors (Lipinski definition) is 5. The van der Waals surface area contributed by atoms with Crippen molar-refractivity contribution >= 4 is 45.9 Å². The molecule has 2 N–H and O–H groups in total. The third-order valence-corrected chi connectivity index (χ3v) is 8.48. The van der Waals surface area contributed by atoms with Crippen molar-refractivity contribution in [3.63, 3.8) is 0 Å². The van der Waals surface area contributed by atoms with Gasteiger partial charge in [0.25, 0.3) is 5.56 Å². The maximum Gasteiger partial charge on any atom is 0.331 e. The first kappa shape index (κ1) is 30.5. The van der Waals surface area contributed by atoms with Crippen LogP contribution in [0.3, 0.4) is 0 Å². The lowest BCUT2D eigenvalue weighted by atomic mass is 9.91. The van der Waals surface area contributed by atoms with Gasteiger partial charge >= 0.3 is 11.7 Å². The number of piperidine rings is 1. The summed E-state index contributed by atoms with van der Waals surface area (Å²) in [6, 6.07) is 11.8. The van der Waals surface area contributed by atoms with Crippen LogP contribution in [0.4, 0.5) is 10.5 Å². The zero-order chi connectivity index (χ0) is 30.7. The van der Waals surface area contributed by atoms with Crippen LogP contribution in [0.2, 0.25) is 0 Å². The van der Waals surface area contributed by atoms with Crippen LogP contribution in [-0.2, 0) is 17.9 Å². The quantitative estimate of drug-likeness (QED) is 0.259. The fourth-order valence-corrected chi connectivity index (χ4v) is 5.83. The molecule has 1 aliphatic carbocycles. The minimum atomic E-state index is -0.329. The summed E-state index contributed by atoms with van der Waals surface area (Å²) < 4.78 is 2.98. The number of halogens is 1. The fourth-order valence-electron chi connectivity index (χ4n) is 5.73. The van der Waals surface area contributed by atoms with E-state index in [1.54, 1.807) is 39.8 Å². The molecule has 2 aliphatic rings. The number of carbonyl (C=O) groups excluding carboxylic acids is 3. The van der Waals surface area contributed by atoms with E-state index >= 15 is 0 Å². The van der Waals surface area contributed by atoms with Gasteiger partial charge in [0.15, 0.2) is 5.78 Å². The lowest BCUT2D eigenvalue weighted by Gasteiger charge is -2.32. The van der Waals surface area contributed by atoms with Crippen molar-refractivity contribution in [3.8, 4) is 0 Å². The average Bonchev–Trinajstić information content (AvgIpc) is 3.83. The number of likely N-dealkylation sites (tertiary alicyclic amines) is 1. The highest BCUT2D eigenvalue weighted by atomic mass is 35.5. The Balaban J connectivity index is 1.24. The van der Waals surface area contributed by atoms with Gasteiger partial charge < -0.3 is 15.5 Å². The number of aromatic nitrogens is 2. The predicted octanol–water partition coefficient (Wildman–Crippen LogP) is 4.53. The van der Waals surface area contributed by atoms with Gasteiger partial charge in [-0.05, 0) is 75.1 Å². The van der Waals surface area contributed by atoms with Gasteiger partial charge in [-0.1, -0.05) is 24.3 Å². The number of nitrogens with zero attached hydrogens (tertiary/aromatic N) is 3. The highest BCUT2D eigenvalue weighted by Crippen LogP contribution is 2.30. The summed E-state index contributed by atoms with van der Waals surface area (Å²) in [6.07, 6.45) is 4.00. The normalized spacial score (nSPS) is 16.8. The van der Waals surface area contributed by atoms with Crippen molar-refractivity contribution in [2.45, 2.75) is 65.1 Å². The van der Waals surface area contributed by atoms with Crippen LogP contribution < -0.4 is 21.9 Å². The largest absolute Gasteiger partial charge is 0.351 e. The van der Waals surface area contributed by atoms with Crippen molar-refractivity contribution in [2.75, 3.05) is 24.3 Å². The second-order valence-corrected chi connectivity index (χ2v) is 12.2. The minimum absolute atomic E-state index is 0.0109. The molecule has 1 aromatic heterocycles. The first-order chi connectivity index (χ1) is 20.6. The van der Waals surface area contributed by atoms with Crippen molar-refractivity contribution < 1.29 is 14.4 Å². The summed E-state index contributed by atoms with van der Waals surface area (Å²) in [7, 11) is 0. The van der Waals surface area contributed by atoms with Crippen LogP contribution in [0.15, 0.2) is 52.1 Å². The molecule has 11 heteroatoms. The molecular formula is C32H38ClN5O5. The lowest BCUT2D eigenvalue weighted by Crippen LogP contribution is -2.43. The Bertz CT molecular complexity index is 1640. The number of Topliss-reactive ketones (excluding diaryl/α,β-unsaturated/α-hetero) is 1. The van der Waals surface area contributed by atoms with Crippen molar-refractivity contribution in [1.82, 2.24) is 19.4 Å². The van der Waals surface area contributed by atoms with Crippen LogP contribution in [0.5, 0.6) is 0 Å². The Labute approximate surface area is 255 Å². The Morgan fingerprint density at radius 2 is 1.74 bits per heavy atom. The van der Waals surface area contributed by atoms with Gasteiger partial charge in [-0.15, -0.1) is 11.6 Å². The number of ketones is 1. The predicted molar refractivity (Wildman–Crippen MR) is 167 cm³/mol. The third-order valence-electron chi connectivity index (χ3n) is 8.24. The second kappa shape index (κ2) is 13.2. The summed E-state index contributed by atoms with van der Waals surface area (Å²) in [5.41, 5.74) is 1.89. The molecule has 5 rings (SSSR count).